The average Bonchev–Trinajstić information content (AvgIpc) is 2.83. The smallest absolute Gasteiger partial charge is 0.355 e. The van der Waals surface area contributed by atoms with Gasteiger partial charge in [-0.2, -0.15) is 0 Å². The number of nitrogens with zero attached hydrogens (tertiary/aromatic N) is 1. The van der Waals surface area contributed by atoms with Gasteiger partial charge < -0.3 is 15.0 Å². The molecule has 0 radical (unpaired) electrons. The predicted octanol–water partition coefficient (Wildman–Crippen LogP) is 2.88. The Morgan fingerprint density at radius 2 is 2.24 bits per heavy atom. The number of hydrogen-bond acceptors (Lipinski definition) is 3. The van der Waals surface area contributed by atoms with Crippen LogP contribution in [-0.4, -0.2) is 17.1 Å². The molecule has 21 heavy (non-hydrogen) atoms. The van der Waals surface area contributed by atoms with Crippen molar-refractivity contribution in [2.45, 2.75) is 25.2 Å². The molecule has 2 N–H and O–H groups in total. The summed E-state index contributed by atoms with van der Waals surface area (Å²) >= 11 is 0. The van der Waals surface area contributed by atoms with Gasteiger partial charge in [0.05, 0.1) is 12.3 Å². The van der Waals surface area contributed by atoms with Crippen molar-refractivity contribution in [3.05, 3.63) is 53.3 Å². The van der Waals surface area contributed by atoms with Crippen LogP contribution >= 0.6 is 0 Å². The Labute approximate surface area is 124 Å². The fraction of sp³-hybridized carbons (Fsp3) is 0.353. The van der Waals surface area contributed by atoms with E-state index in [0.29, 0.717) is 23.9 Å². The Kier molecular flexibility index (Phi) is 3.69. The van der Waals surface area contributed by atoms with Crippen molar-refractivity contribution in [1.29, 1.82) is 0 Å². The molecule has 1 aromatic carbocycles. The molecule has 110 valence electrons. The third-order valence-corrected chi connectivity index (χ3v) is 4.14. The van der Waals surface area contributed by atoms with Gasteiger partial charge in [-0.25, -0.2) is 4.79 Å². The molecule has 4 heteroatoms. The minimum absolute atomic E-state index is 0.302. The molecule has 0 bridgehead atoms. The summed E-state index contributed by atoms with van der Waals surface area (Å²) in [6.45, 7) is 0.431. The highest BCUT2D eigenvalue weighted by molar-refractivity contribution is 5.89. The minimum atomic E-state index is -0.308. The lowest BCUT2D eigenvalue weighted by molar-refractivity contribution is 0.0461. The molecule has 1 aliphatic carbocycles. The Balaban J connectivity index is 1.69. The first-order valence-corrected chi connectivity index (χ1v) is 7.32. The summed E-state index contributed by atoms with van der Waals surface area (Å²) in [6, 6.07) is 10.1. The molecule has 4 nitrogen and oxygen atoms in total. The Hall–Kier alpha value is -2.23. The van der Waals surface area contributed by atoms with Gasteiger partial charge in [0.1, 0.15) is 5.69 Å². The summed E-state index contributed by atoms with van der Waals surface area (Å²) in [5.41, 5.74) is 9.47. The zero-order valence-corrected chi connectivity index (χ0v) is 12.2. The summed E-state index contributed by atoms with van der Waals surface area (Å²) < 4.78 is 7.20. The second-order valence-corrected chi connectivity index (χ2v) is 5.66. The molecule has 1 heterocycles. The number of anilines is 1. The van der Waals surface area contributed by atoms with Crippen molar-refractivity contribution in [2.24, 2.45) is 7.05 Å². The van der Waals surface area contributed by atoms with Crippen LogP contribution in [0.4, 0.5) is 5.69 Å². The van der Waals surface area contributed by atoms with E-state index in [1.165, 1.54) is 11.1 Å². The van der Waals surface area contributed by atoms with Crippen LogP contribution < -0.4 is 5.73 Å². The molecule has 1 unspecified atom stereocenters. The number of fused-ring (bicyclic) bond motifs is 1. The number of esters is 1. The lowest BCUT2D eigenvalue weighted by atomic mass is 9.83. The summed E-state index contributed by atoms with van der Waals surface area (Å²) in [5, 5.41) is 0. The molecule has 1 aromatic heterocycles. The molecule has 2 aromatic rings. The van der Waals surface area contributed by atoms with Crippen molar-refractivity contribution in [3.8, 4) is 0 Å². The summed E-state index contributed by atoms with van der Waals surface area (Å²) in [6.07, 6.45) is 5.05. The molecule has 1 aliphatic rings. The number of carbonyl (C=O) groups excluding carboxylic acids is 1. The van der Waals surface area contributed by atoms with E-state index in [9.17, 15) is 4.79 Å². The van der Waals surface area contributed by atoms with Crippen LogP contribution in [-0.2, 0) is 18.2 Å². The van der Waals surface area contributed by atoms with Crippen molar-refractivity contribution in [1.82, 2.24) is 4.57 Å². The molecule has 0 amide bonds. The number of nitrogen functional groups attached to an aromatic ring is 1. The number of aryl methyl sites for hydroxylation is 2. The average molecular weight is 284 g/mol. The van der Waals surface area contributed by atoms with E-state index in [1.54, 1.807) is 23.9 Å². The maximum atomic E-state index is 12.1. The van der Waals surface area contributed by atoms with Gasteiger partial charge in [0.25, 0.3) is 0 Å². The van der Waals surface area contributed by atoms with Crippen LogP contribution in [0.3, 0.4) is 0 Å². The maximum Gasteiger partial charge on any atom is 0.355 e. The molecule has 3 rings (SSSR count). The van der Waals surface area contributed by atoms with Gasteiger partial charge in [-0.05, 0) is 36.5 Å². The van der Waals surface area contributed by atoms with Crippen LogP contribution in [0.1, 0.15) is 40.4 Å². The first kappa shape index (κ1) is 13.7. The van der Waals surface area contributed by atoms with Crippen molar-refractivity contribution in [3.63, 3.8) is 0 Å². The molecule has 0 fully saturated rings. The highest BCUT2D eigenvalue weighted by Gasteiger charge is 2.22. The fourth-order valence-corrected chi connectivity index (χ4v) is 3.07. The molecular formula is C17H20N2O2. The number of nitrogens with two attached hydrogens (primary N) is 1. The quantitative estimate of drug-likeness (QED) is 0.882. The molecule has 0 aliphatic heterocycles. The minimum Gasteiger partial charge on any atom is -0.460 e. The van der Waals surface area contributed by atoms with Gasteiger partial charge in [0.15, 0.2) is 0 Å². The normalized spacial score (nSPS) is 17.3. The zero-order chi connectivity index (χ0) is 14.8. The molecule has 0 saturated heterocycles. The van der Waals surface area contributed by atoms with E-state index in [0.717, 1.165) is 19.3 Å². The van der Waals surface area contributed by atoms with E-state index in [4.69, 9.17) is 10.5 Å². The molecule has 1 atom stereocenters. The van der Waals surface area contributed by atoms with E-state index in [2.05, 4.69) is 24.3 Å². The first-order chi connectivity index (χ1) is 10.1. The van der Waals surface area contributed by atoms with E-state index >= 15 is 0 Å². The predicted molar refractivity (Wildman–Crippen MR) is 82.2 cm³/mol. The standard InChI is InChI=1S/C17H20N2O2/c1-19-10-14(18)9-16(19)17(20)21-11-13-7-4-6-12-5-2-3-8-15(12)13/h2-3,5,8-10,13H,4,6-7,11,18H2,1H3. The van der Waals surface area contributed by atoms with Crippen LogP contribution in [0.15, 0.2) is 36.5 Å². The third-order valence-electron chi connectivity index (χ3n) is 4.14. The number of carbonyl (C=O) groups is 1. The van der Waals surface area contributed by atoms with E-state index < -0.39 is 0 Å². The Bertz CT molecular complexity index is 661. The second-order valence-electron chi connectivity index (χ2n) is 5.66. The highest BCUT2D eigenvalue weighted by Crippen LogP contribution is 2.31. The summed E-state index contributed by atoms with van der Waals surface area (Å²) in [5.74, 6) is -0.00577. The third kappa shape index (κ3) is 2.79. The number of benzene rings is 1. The van der Waals surface area contributed by atoms with E-state index in [-0.39, 0.29) is 5.97 Å². The van der Waals surface area contributed by atoms with Crippen LogP contribution in [0.5, 0.6) is 0 Å². The number of aromatic nitrogens is 1. The Morgan fingerprint density at radius 1 is 1.43 bits per heavy atom. The van der Waals surface area contributed by atoms with Gasteiger partial charge >= 0.3 is 5.97 Å². The van der Waals surface area contributed by atoms with Crippen LogP contribution in [0.2, 0.25) is 0 Å². The van der Waals surface area contributed by atoms with Gasteiger partial charge in [-0.3, -0.25) is 0 Å². The zero-order valence-electron chi connectivity index (χ0n) is 12.2. The second kappa shape index (κ2) is 5.64. The molecule has 0 spiro atoms. The molecular weight excluding hydrogens is 264 g/mol. The summed E-state index contributed by atoms with van der Waals surface area (Å²) in [4.78, 5) is 12.1. The summed E-state index contributed by atoms with van der Waals surface area (Å²) in [7, 11) is 1.79. The first-order valence-electron chi connectivity index (χ1n) is 7.32. The SMILES string of the molecule is Cn1cc(N)cc1C(=O)OCC1CCCc2ccccc21. The molecule has 0 saturated carbocycles. The van der Waals surface area contributed by atoms with Gasteiger partial charge in [-0.1, -0.05) is 24.3 Å². The number of hydrogen-bond donors (Lipinski definition) is 1. The maximum absolute atomic E-state index is 12.1. The number of rotatable bonds is 3. The fourth-order valence-electron chi connectivity index (χ4n) is 3.07. The van der Waals surface area contributed by atoms with Crippen molar-refractivity contribution < 1.29 is 9.53 Å². The monoisotopic (exact) mass is 284 g/mol. The topological polar surface area (TPSA) is 57.2 Å². The van der Waals surface area contributed by atoms with Gasteiger partial charge in [0, 0.05) is 19.2 Å². The van der Waals surface area contributed by atoms with Crippen molar-refractivity contribution in [2.75, 3.05) is 12.3 Å². The van der Waals surface area contributed by atoms with E-state index in [1.807, 2.05) is 0 Å². The lowest BCUT2D eigenvalue weighted by Gasteiger charge is -2.25. The lowest BCUT2D eigenvalue weighted by Crippen LogP contribution is -2.18. The number of ether oxygens (including phenoxy) is 1. The van der Waals surface area contributed by atoms with Crippen LogP contribution in [0.25, 0.3) is 0 Å². The van der Waals surface area contributed by atoms with Gasteiger partial charge in [-0.15, -0.1) is 0 Å². The van der Waals surface area contributed by atoms with Crippen molar-refractivity contribution >= 4 is 11.7 Å². The van der Waals surface area contributed by atoms with Crippen LogP contribution in [0, 0.1) is 0 Å². The van der Waals surface area contributed by atoms with Gasteiger partial charge in [0.2, 0.25) is 0 Å². The largest absolute Gasteiger partial charge is 0.460 e. The highest BCUT2D eigenvalue weighted by atomic mass is 16.5. The Morgan fingerprint density at radius 3 is 3.00 bits per heavy atom.